The number of hydrogen-bond acceptors (Lipinski definition) is 2. The zero-order chi connectivity index (χ0) is 14.9. The number of nitrogens with one attached hydrogen (secondary N) is 1. The summed E-state index contributed by atoms with van der Waals surface area (Å²) in [5, 5.41) is 3.33. The molecule has 2 atom stereocenters. The van der Waals surface area contributed by atoms with Gasteiger partial charge in [-0.3, -0.25) is 10.1 Å². The molecule has 2 rings (SSSR count). The minimum atomic E-state index is 0.0212. The van der Waals surface area contributed by atoms with E-state index in [0.717, 1.165) is 6.54 Å². The molecule has 0 spiro atoms. The second-order valence-corrected chi connectivity index (χ2v) is 7.01. The van der Waals surface area contributed by atoms with Gasteiger partial charge in [0.2, 0.25) is 5.91 Å². The van der Waals surface area contributed by atoms with Gasteiger partial charge in [-0.2, -0.15) is 0 Å². The molecule has 1 heterocycles. The van der Waals surface area contributed by atoms with Crippen molar-refractivity contribution in [1.29, 1.82) is 0 Å². The fourth-order valence-corrected chi connectivity index (χ4v) is 2.36. The minimum Gasteiger partial charge on any atom is -0.322 e. The van der Waals surface area contributed by atoms with Crippen LogP contribution in [0.15, 0.2) is 24.3 Å². The van der Waals surface area contributed by atoms with Crippen molar-refractivity contribution in [1.82, 2.24) is 10.2 Å². The van der Waals surface area contributed by atoms with Crippen LogP contribution < -0.4 is 5.32 Å². The summed E-state index contributed by atoms with van der Waals surface area (Å²) in [4.78, 5) is 14.1. The molecule has 3 heteroatoms. The van der Waals surface area contributed by atoms with Gasteiger partial charge in [-0.1, -0.05) is 57.5 Å². The van der Waals surface area contributed by atoms with Crippen LogP contribution in [0.3, 0.4) is 0 Å². The largest absolute Gasteiger partial charge is 0.322 e. The quantitative estimate of drug-likeness (QED) is 0.918. The summed E-state index contributed by atoms with van der Waals surface area (Å²) < 4.78 is 0. The summed E-state index contributed by atoms with van der Waals surface area (Å²) in [6, 6.07) is 8.43. The monoisotopic (exact) mass is 274 g/mol. The molecule has 1 fully saturated rings. The first-order chi connectivity index (χ1) is 9.29. The Morgan fingerprint density at radius 3 is 2.45 bits per heavy atom. The van der Waals surface area contributed by atoms with Crippen LogP contribution in [0.1, 0.15) is 45.0 Å². The first-order valence-electron chi connectivity index (χ1n) is 7.38. The zero-order valence-electron chi connectivity index (χ0n) is 13.2. The molecule has 1 amide bonds. The standard InChI is InChI=1S/C17H26N2O/c1-12-6-8-14(9-7-12)16-18-10-15(20)19(16)11-13(2)17(3,4)5/h6-9,13,16,18H,10-11H2,1-5H3. The third-order valence-corrected chi connectivity index (χ3v) is 4.42. The van der Waals surface area contributed by atoms with Crippen molar-refractivity contribution in [2.75, 3.05) is 13.1 Å². The molecule has 0 bridgehead atoms. The van der Waals surface area contributed by atoms with Crippen molar-refractivity contribution >= 4 is 5.91 Å². The number of hydrogen-bond donors (Lipinski definition) is 1. The molecule has 20 heavy (non-hydrogen) atoms. The third-order valence-electron chi connectivity index (χ3n) is 4.42. The Kier molecular flexibility index (Phi) is 4.19. The normalized spacial score (nSPS) is 21.4. The average Bonchev–Trinajstić information content (AvgIpc) is 2.71. The Hall–Kier alpha value is -1.35. The van der Waals surface area contributed by atoms with E-state index in [1.54, 1.807) is 0 Å². The van der Waals surface area contributed by atoms with Gasteiger partial charge in [-0.05, 0) is 23.8 Å². The van der Waals surface area contributed by atoms with E-state index < -0.39 is 0 Å². The van der Waals surface area contributed by atoms with E-state index >= 15 is 0 Å². The topological polar surface area (TPSA) is 32.3 Å². The van der Waals surface area contributed by atoms with E-state index in [9.17, 15) is 4.79 Å². The van der Waals surface area contributed by atoms with Crippen LogP contribution in [0.2, 0.25) is 0 Å². The highest BCUT2D eigenvalue weighted by atomic mass is 16.2. The van der Waals surface area contributed by atoms with Gasteiger partial charge in [0, 0.05) is 6.54 Å². The number of nitrogens with zero attached hydrogens (tertiary/aromatic N) is 1. The van der Waals surface area contributed by atoms with E-state index in [1.807, 2.05) is 4.90 Å². The molecule has 1 aliphatic heterocycles. The van der Waals surface area contributed by atoms with Crippen LogP contribution in [0.25, 0.3) is 0 Å². The van der Waals surface area contributed by atoms with Crippen LogP contribution in [-0.2, 0) is 4.79 Å². The Bertz CT molecular complexity index is 473. The summed E-state index contributed by atoms with van der Waals surface area (Å²) in [5.74, 6) is 0.658. The van der Waals surface area contributed by atoms with Gasteiger partial charge in [0.25, 0.3) is 0 Å². The van der Waals surface area contributed by atoms with Gasteiger partial charge < -0.3 is 4.90 Å². The molecule has 1 aromatic rings. The maximum absolute atomic E-state index is 12.2. The smallest absolute Gasteiger partial charge is 0.238 e. The van der Waals surface area contributed by atoms with Crippen LogP contribution in [-0.4, -0.2) is 23.9 Å². The molecule has 1 N–H and O–H groups in total. The summed E-state index contributed by atoms with van der Waals surface area (Å²) >= 11 is 0. The molecule has 0 radical (unpaired) electrons. The number of carbonyl (C=O) groups is 1. The van der Waals surface area contributed by atoms with E-state index in [1.165, 1.54) is 11.1 Å². The van der Waals surface area contributed by atoms with E-state index in [-0.39, 0.29) is 17.5 Å². The highest BCUT2D eigenvalue weighted by Crippen LogP contribution is 2.30. The van der Waals surface area contributed by atoms with Crippen molar-refractivity contribution in [2.24, 2.45) is 11.3 Å². The molecule has 1 aromatic carbocycles. The van der Waals surface area contributed by atoms with Crippen molar-refractivity contribution in [3.8, 4) is 0 Å². The highest BCUT2D eigenvalue weighted by Gasteiger charge is 2.34. The lowest BCUT2D eigenvalue weighted by molar-refractivity contribution is -0.129. The number of benzene rings is 1. The lowest BCUT2D eigenvalue weighted by atomic mass is 9.81. The number of carbonyl (C=O) groups excluding carboxylic acids is 1. The fraction of sp³-hybridized carbons (Fsp3) is 0.588. The summed E-state index contributed by atoms with van der Waals surface area (Å²) in [5.41, 5.74) is 2.62. The molecule has 1 saturated heterocycles. The Labute approximate surface area is 122 Å². The van der Waals surface area contributed by atoms with Crippen LogP contribution in [0.5, 0.6) is 0 Å². The Morgan fingerprint density at radius 1 is 1.30 bits per heavy atom. The first-order valence-corrected chi connectivity index (χ1v) is 7.38. The third kappa shape index (κ3) is 3.21. The predicted molar refractivity (Wildman–Crippen MR) is 82.3 cm³/mol. The molecule has 110 valence electrons. The van der Waals surface area contributed by atoms with E-state index in [0.29, 0.717) is 12.5 Å². The Balaban J connectivity index is 2.16. The lowest BCUT2D eigenvalue weighted by Crippen LogP contribution is -2.37. The zero-order valence-corrected chi connectivity index (χ0v) is 13.2. The summed E-state index contributed by atoms with van der Waals surface area (Å²) in [6.07, 6.45) is 0.0212. The van der Waals surface area contributed by atoms with Crippen molar-refractivity contribution in [2.45, 2.75) is 40.8 Å². The van der Waals surface area contributed by atoms with E-state index in [2.05, 4.69) is 64.2 Å². The van der Waals surface area contributed by atoms with Crippen LogP contribution in [0.4, 0.5) is 0 Å². The minimum absolute atomic E-state index is 0.0212. The highest BCUT2D eigenvalue weighted by molar-refractivity contribution is 5.81. The van der Waals surface area contributed by atoms with Crippen LogP contribution >= 0.6 is 0 Å². The number of aryl methyl sites for hydroxylation is 1. The molecule has 1 aliphatic rings. The molecule has 3 nitrogen and oxygen atoms in total. The summed E-state index contributed by atoms with van der Waals surface area (Å²) in [7, 11) is 0. The van der Waals surface area contributed by atoms with Gasteiger partial charge in [0.1, 0.15) is 6.17 Å². The molecule has 0 aliphatic carbocycles. The number of rotatable bonds is 3. The summed E-state index contributed by atoms with van der Waals surface area (Å²) in [6.45, 7) is 12.2. The van der Waals surface area contributed by atoms with Gasteiger partial charge in [-0.25, -0.2) is 0 Å². The molecule has 0 aromatic heterocycles. The second-order valence-electron chi connectivity index (χ2n) is 7.01. The van der Waals surface area contributed by atoms with Gasteiger partial charge in [-0.15, -0.1) is 0 Å². The first kappa shape index (κ1) is 15.0. The molecular formula is C17H26N2O. The molecule has 2 unspecified atom stereocenters. The number of amides is 1. The van der Waals surface area contributed by atoms with Gasteiger partial charge in [0.05, 0.1) is 6.54 Å². The average molecular weight is 274 g/mol. The molecular weight excluding hydrogens is 248 g/mol. The maximum atomic E-state index is 12.2. The lowest BCUT2D eigenvalue weighted by Gasteiger charge is -2.34. The van der Waals surface area contributed by atoms with E-state index in [4.69, 9.17) is 0 Å². The van der Waals surface area contributed by atoms with Crippen LogP contribution in [0, 0.1) is 18.3 Å². The van der Waals surface area contributed by atoms with Gasteiger partial charge in [0.15, 0.2) is 0 Å². The molecule has 0 saturated carbocycles. The Morgan fingerprint density at radius 2 is 1.90 bits per heavy atom. The fourth-order valence-electron chi connectivity index (χ4n) is 2.36. The van der Waals surface area contributed by atoms with Crippen molar-refractivity contribution in [3.63, 3.8) is 0 Å². The maximum Gasteiger partial charge on any atom is 0.238 e. The van der Waals surface area contributed by atoms with Crippen molar-refractivity contribution in [3.05, 3.63) is 35.4 Å². The van der Waals surface area contributed by atoms with Gasteiger partial charge >= 0.3 is 0 Å². The second kappa shape index (κ2) is 5.57. The SMILES string of the molecule is Cc1ccc(C2NCC(=O)N2CC(C)C(C)(C)C)cc1. The predicted octanol–water partition coefficient (Wildman–Crippen LogP) is 3.11. The van der Waals surface area contributed by atoms with Crippen molar-refractivity contribution < 1.29 is 4.79 Å².